The minimum absolute atomic E-state index is 0.0417. The van der Waals surface area contributed by atoms with E-state index in [4.69, 9.17) is 9.84 Å². The Bertz CT molecular complexity index is 70.1. The molecule has 1 aliphatic rings. The molecule has 40 valence electrons. The van der Waals surface area contributed by atoms with Gasteiger partial charge in [-0.2, -0.15) is 0 Å². The third kappa shape index (κ3) is 0.933. The van der Waals surface area contributed by atoms with Crippen LogP contribution in [0.25, 0.3) is 0 Å². The molecule has 1 rings (SSSR count). The minimum atomic E-state index is 0.0417. The van der Waals surface area contributed by atoms with Crippen LogP contribution >= 0.6 is 0 Å². The van der Waals surface area contributed by atoms with Crippen LogP contribution in [0.1, 0.15) is 6.42 Å². The topological polar surface area (TPSA) is 29.5 Å². The molecule has 0 fully saturated rings. The smallest absolute Gasteiger partial charge is 0.124 e. The number of hydrogen-bond donors (Lipinski definition) is 1. The first-order chi connectivity index (χ1) is 3.43. The zero-order valence-electron chi connectivity index (χ0n) is 4.00. The van der Waals surface area contributed by atoms with Gasteiger partial charge in [0.15, 0.2) is 0 Å². The normalized spacial score (nSPS) is 27.9. The van der Waals surface area contributed by atoms with Gasteiger partial charge in [0.05, 0.1) is 12.9 Å². The molecule has 1 aliphatic heterocycles. The van der Waals surface area contributed by atoms with Crippen molar-refractivity contribution in [3.05, 3.63) is 12.3 Å². The standard InChI is InChI=1S/C5H8O2/c6-4-5-2-1-3-7-5/h1,3,5-6H,2,4H2. The lowest BCUT2D eigenvalue weighted by molar-refractivity contribution is 0.0964. The van der Waals surface area contributed by atoms with E-state index in [0.29, 0.717) is 0 Å². The van der Waals surface area contributed by atoms with E-state index in [9.17, 15) is 0 Å². The van der Waals surface area contributed by atoms with E-state index in [1.807, 2.05) is 6.08 Å². The summed E-state index contributed by atoms with van der Waals surface area (Å²) in [6, 6.07) is 0. The third-order valence-corrected chi connectivity index (χ3v) is 0.970. The lowest BCUT2D eigenvalue weighted by atomic mass is 10.3. The van der Waals surface area contributed by atoms with Crippen molar-refractivity contribution in [3.63, 3.8) is 0 Å². The second-order valence-corrected chi connectivity index (χ2v) is 1.55. The van der Waals surface area contributed by atoms with Crippen LogP contribution in [0.5, 0.6) is 0 Å². The first-order valence-corrected chi connectivity index (χ1v) is 2.35. The average molecular weight is 100 g/mol. The summed E-state index contributed by atoms with van der Waals surface area (Å²) in [7, 11) is 0. The van der Waals surface area contributed by atoms with Crippen molar-refractivity contribution < 1.29 is 9.84 Å². The molecule has 0 radical (unpaired) electrons. The van der Waals surface area contributed by atoms with E-state index in [2.05, 4.69) is 0 Å². The van der Waals surface area contributed by atoms with Crippen LogP contribution in [0.2, 0.25) is 0 Å². The molecular weight excluding hydrogens is 92.1 g/mol. The Balaban J connectivity index is 2.22. The number of rotatable bonds is 1. The van der Waals surface area contributed by atoms with E-state index in [0.717, 1.165) is 6.42 Å². The predicted molar refractivity (Wildman–Crippen MR) is 25.7 cm³/mol. The zero-order valence-corrected chi connectivity index (χ0v) is 4.00. The van der Waals surface area contributed by atoms with Gasteiger partial charge >= 0.3 is 0 Å². The quantitative estimate of drug-likeness (QED) is 0.513. The molecule has 0 aromatic heterocycles. The van der Waals surface area contributed by atoms with Crippen LogP contribution in [0.3, 0.4) is 0 Å². The third-order valence-electron chi connectivity index (χ3n) is 0.970. The summed E-state index contributed by atoms with van der Waals surface area (Å²) >= 11 is 0. The molecule has 0 saturated carbocycles. The van der Waals surface area contributed by atoms with Crippen molar-refractivity contribution in [1.29, 1.82) is 0 Å². The van der Waals surface area contributed by atoms with E-state index in [1.165, 1.54) is 0 Å². The summed E-state index contributed by atoms with van der Waals surface area (Å²) in [5.41, 5.74) is 0. The van der Waals surface area contributed by atoms with Gasteiger partial charge in [0, 0.05) is 6.42 Å². The van der Waals surface area contributed by atoms with Crippen LogP contribution in [-0.4, -0.2) is 17.8 Å². The van der Waals surface area contributed by atoms with Gasteiger partial charge in [-0.05, 0) is 6.08 Å². The van der Waals surface area contributed by atoms with E-state index >= 15 is 0 Å². The molecule has 2 heteroatoms. The summed E-state index contributed by atoms with van der Waals surface area (Å²) < 4.78 is 4.87. The number of hydrogen-bond acceptors (Lipinski definition) is 2. The van der Waals surface area contributed by atoms with Crippen LogP contribution < -0.4 is 0 Å². The molecule has 0 aromatic carbocycles. The Morgan fingerprint density at radius 1 is 1.86 bits per heavy atom. The van der Waals surface area contributed by atoms with Gasteiger partial charge < -0.3 is 9.84 Å². The average Bonchev–Trinajstić information content (AvgIpc) is 2.14. The van der Waals surface area contributed by atoms with Crippen LogP contribution in [0, 0.1) is 0 Å². The van der Waals surface area contributed by atoms with E-state index in [1.54, 1.807) is 6.26 Å². The zero-order chi connectivity index (χ0) is 5.11. The Hall–Kier alpha value is -0.500. The van der Waals surface area contributed by atoms with Crippen molar-refractivity contribution in [2.45, 2.75) is 12.5 Å². The molecule has 1 heterocycles. The van der Waals surface area contributed by atoms with Crippen LogP contribution in [0.4, 0.5) is 0 Å². The van der Waals surface area contributed by atoms with Gasteiger partial charge in [0.2, 0.25) is 0 Å². The monoisotopic (exact) mass is 100 g/mol. The maximum atomic E-state index is 8.40. The fourth-order valence-electron chi connectivity index (χ4n) is 0.547. The molecule has 0 aromatic rings. The Morgan fingerprint density at radius 2 is 2.71 bits per heavy atom. The summed E-state index contributed by atoms with van der Waals surface area (Å²) in [6.07, 6.45) is 4.43. The van der Waals surface area contributed by atoms with Gasteiger partial charge in [0.1, 0.15) is 6.10 Å². The number of aliphatic hydroxyl groups excluding tert-OH is 1. The van der Waals surface area contributed by atoms with Gasteiger partial charge in [-0.1, -0.05) is 0 Å². The SMILES string of the molecule is OCC1CC=CO1. The molecule has 0 amide bonds. The first kappa shape index (κ1) is 4.65. The summed E-state index contributed by atoms with van der Waals surface area (Å²) in [5.74, 6) is 0. The Labute approximate surface area is 42.4 Å². The van der Waals surface area contributed by atoms with E-state index < -0.39 is 0 Å². The van der Waals surface area contributed by atoms with Gasteiger partial charge in [-0.25, -0.2) is 0 Å². The molecule has 1 atom stereocenters. The highest BCUT2D eigenvalue weighted by atomic mass is 16.5. The molecule has 0 spiro atoms. The van der Waals surface area contributed by atoms with Gasteiger partial charge in [0.25, 0.3) is 0 Å². The largest absolute Gasteiger partial charge is 0.496 e. The maximum Gasteiger partial charge on any atom is 0.124 e. The molecule has 2 nitrogen and oxygen atoms in total. The highest BCUT2D eigenvalue weighted by Crippen LogP contribution is 2.06. The maximum absolute atomic E-state index is 8.40. The highest BCUT2D eigenvalue weighted by molar-refractivity contribution is 4.85. The Kier molecular flexibility index (Phi) is 1.32. The molecule has 1 unspecified atom stereocenters. The predicted octanol–water partition coefficient (Wildman–Crippen LogP) is 0.281. The van der Waals surface area contributed by atoms with Crippen molar-refractivity contribution in [3.8, 4) is 0 Å². The van der Waals surface area contributed by atoms with Crippen molar-refractivity contribution >= 4 is 0 Å². The molecule has 0 bridgehead atoms. The summed E-state index contributed by atoms with van der Waals surface area (Å²) in [5, 5.41) is 8.40. The molecule has 0 saturated heterocycles. The molecule has 7 heavy (non-hydrogen) atoms. The fourth-order valence-corrected chi connectivity index (χ4v) is 0.547. The van der Waals surface area contributed by atoms with Crippen LogP contribution in [-0.2, 0) is 4.74 Å². The van der Waals surface area contributed by atoms with Crippen molar-refractivity contribution in [1.82, 2.24) is 0 Å². The molecule has 1 N–H and O–H groups in total. The van der Waals surface area contributed by atoms with E-state index in [-0.39, 0.29) is 12.7 Å². The van der Waals surface area contributed by atoms with Gasteiger partial charge in [-0.15, -0.1) is 0 Å². The molecular formula is C5H8O2. The summed E-state index contributed by atoms with van der Waals surface area (Å²) in [4.78, 5) is 0. The second kappa shape index (κ2) is 1.98. The van der Waals surface area contributed by atoms with Crippen molar-refractivity contribution in [2.24, 2.45) is 0 Å². The first-order valence-electron chi connectivity index (χ1n) is 2.35. The minimum Gasteiger partial charge on any atom is -0.496 e. The molecule has 0 aliphatic carbocycles. The van der Waals surface area contributed by atoms with Crippen molar-refractivity contribution in [2.75, 3.05) is 6.61 Å². The highest BCUT2D eigenvalue weighted by Gasteiger charge is 2.07. The van der Waals surface area contributed by atoms with Crippen LogP contribution in [0.15, 0.2) is 12.3 Å². The lowest BCUT2D eigenvalue weighted by Crippen LogP contribution is -2.08. The lowest BCUT2D eigenvalue weighted by Gasteiger charge is -2.02. The number of ether oxygens (including phenoxy) is 1. The van der Waals surface area contributed by atoms with Gasteiger partial charge in [-0.3, -0.25) is 0 Å². The Morgan fingerprint density at radius 3 is 3.00 bits per heavy atom. The fraction of sp³-hybridized carbons (Fsp3) is 0.600. The summed E-state index contributed by atoms with van der Waals surface area (Å²) in [6.45, 7) is 0.132. The number of aliphatic hydroxyl groups is 1. The second-order valence-electron chi connectivity index (χ2n) is 1.55.